The molecule has 0 fully saturated rings. The van der Waals surface area contributed by atoms with Crippen LogP contribution in [0.15, 0.2) is 17.0 Å². The number of nitrogens with one attached hydrogen (secondary N) is 1. The maximum Gasteiger partial charge on any atom is 0.222 e. The number of halogens is 1. The van der Waals surface area contributed by atoms with Gasteiger partial charge in [0.1, 0.15) is 0 Å². The van der Waals surface area contributed by atoms with Crippen LogP contribution in [0.3, 0.4) is 0 Å². The lowest BCUT2D eigenvalue weighted by atomic mass is 10.0. The molecule has 0 bridgehead atoms. The van der Waals surface area contributed by atoms with Crippen LogP contribution in [0.5, 0.6) is 0 Å². The Balaban J connectivity index is 1.98. The Labute approximate surface area is 136 Å². The van der Waals surface area contributed by atoms with Gasteiger partial charge in [-0.2, -0.15) is 0 Å². The topological polar surface area (TPSA) is 32.3 Å². The molecule has 1 aromatic rings. The number of amides is 1. The highest BCUT2D eigenvalue weighted by molar-refractivity contribution is 7.99. The number of hydrogen-bond acceptors (Lipinski definition) is 3. The minimum absolute atomic E-state index is 0.192. The van der Waals surface area contributed by atoms with E-state index in [1.165, 1.54) is 16.0 Å². The fraction of sp³-hybridized carbons (Fsp3) is 0.562. The third kappa shape index (κ3) is 4.63. The van der Waals surface area contributed by atoms with Gasteiger partial charge in [0.05, 0.1) is 5.02 Å². The first-order chi connectivity index (χ1) is 10.1. The monoisotopic (exact) mass is 326 g/mol. The summed E-state index contributed by atoms with van der Waals surface area (Å²) in [6.45, 7) is 2.05. The SMILES string of the molecule is CN(C)C(=O)CCCSc1c(Cl)ccc2c1CCNCC2. The van der Waals surface area contributed by atoms with Crippen LogP contribution in [0.4, 0.5) is 0 Å². The molecular weight excluding hydrogens is 304 g/mol. The first-order valence-corrected chi connectivity index (χ1v) is 8.80. The summed E-state index contributed by atoms with van der Waals surface area (Å²) in [6.07, 6.45) is 3.60. The van der Waals surface area contributed by atoms with Crippen LogP contribution in [0, 0.1) is 0 Å². The van der Waals surface area contributed by atoms with Crippen molar-refractivity contribution in [2.24, 2.45) is 0 Å². The highest BCUT2D eigenvalue weighted by atomic mass is 35.5. The Morgan fingerprint density at radius 1 is 1.33 bits per heavy atom. The van der Waals surface area contributed by atoms with Crippen LogP contribution in [-0.2, 0) is 17.6 Å². The highest BCUT2D eigenvalue weighted by Gasteiger charge is 2.15. The molecule has 0 saturated carbocycles. The minimum Gasteiger partial charge on any atom is -0.349 e. The molecule has 1 aliphatic rings. The average Bonchev–Trinajstić information content (AvgIpc) is 2.70. The van der Waals surface area contributed by atoms with E-state index < -0.39 is 0 Å². The number of carbonyl (C=O) groups is 1. The number of fused-ring (bicyclic) bond motifs is 1. The summed E-state index contributed by atoms with van der Waals surface area (Å²) in [6, 6.07) is 4.17. The van der Waals surface area contributed by atoms with Gasteiger partial charge >= 0.3 is 0 Å². The van der Waals surface area contributed by atoms with Gasteiger partial charge < -0.3 is 10.2 Å². The predicted molar refractivity (Wildman–Crippen MR) is 90.4 cm³/mol. The molecule has 0 saturated heterocycles. The van der Waals surface area contributed by atoms with Gasteiger partial charge in [0, 0.05) is 25.4 Å². The summed E-state index contributed by atoms with van der Waals surface area (Å²) in [4.78, 5) is 14.4. The zero-order chi connectivity index (χ0) is 15.2. The third-order valence-electron chi connectivity index (χ3n) is 3.71. The van der Waals surface area contributed by atoms with Gasteiger partial charge in [-0.1, -0.05) is 17.7 Å². The predicted octanol–water partition coefficient (Wildman–Crippen LogP) is 2.99. The van der Waals surface area contributed by atoms with E-state index in [1.807, 2.05) is 6.07 Å². The summed E-state index contributed by atoms with van der Waals surface area (Å²) >= 11 is 8.18. The van der Waals surface area contributed by atoms with Gasteiger partial charge in [0.25, 0.3) is 0 Å². The van der Waals surface area contributed by atoms with Crippen molar-refractivity contribution in [3.63, 3.8) is 0 Å². The summed E-state index contributed by atoms with van der Waals surface area (Å²) in [5, 5.41) is 4.28. The van der Waals surface area contributed by atoms with E-state index in [9.17, 15) is 4.79 Å². The second-order valence-corrected chi connectivity index (χ2v) is 7.02. The van der Waals surface area contributed by atoms with Gasteiger partial charge in [-0.05, 0) is 55.3 Å². The van der Waals surface area contributed by atoms with Gasteiger partial charge in [-0.15, -0.1) is 11.8 Å². The Morgan fingerprint density at radius 3 is 2.86 bits per heavy atom. The molecule has 1 aromatic carbocycles. The van der Waals surface area contributed by atoms with Crippen LogP contribution in [0.25, 0.3) is 0 Å². The molecule has 21 heavy (non-hydrogen) atoms. The molecule has 0 aliphatic carbocycles. The van der Waals surface area contributed by atoms with Crippen LogP contribution < -0.4 is 5.32 Å². The molecule has 1 aliphatic heterocycles. The van der Waals surface area contributed by atoms with Crippen LogP contribution in [0.2, 0.25) is 5.02 Å². The lowest BCUT2D eigenvalue weighted by Crippen LogP contribution is -2.21. The molecule has 2 rings (SSSR count). The van der Waals surface area contributed by atoms with Crippen molar-refractivity contribution < 1.29 is 4.79 Å². The van der Waals surface area contributed by atoms with Crippen molar-refractivity contribution in [1.29, 1.82) is 0 Å². The van der Waals surface area contributed by atoms with Crippen molar-refractivity contribution in [3.05, 3.63) is 28.3 Å². The van der Waals surface area contributed by atoms with Gasteiger partial charge in [-0.3, -0.25) is 4.79 Å². The molecule has 0 atom stereocenters. The quantitative estimate of drug-likeness (QED) is 0.667. The fourth-order valence-electron chi connectivity index (χ4n) is 2.49. The molecule has 0 unspecified atom stereocenters. The van der Waals surface area contributed by atoms with E-state index in [1.54, 1.807) is 30.8 Å². The van der Waals surface area contributed by atoms with E-state index in [0.29, 0.717) is 6.42 Å². The Hall–Kier alpha value is -0.710. The van der Waals surface area contributed by atoms with Crippen molar-refractivity contribution in [1.82, 2.24) is 10.2 Å². The number of nitrogens with zero attached hydrogens (tertiary/aromatic N) is 1. The lowest BCUT2D eigenvalue weighted by molar-refractivity contribution is -0.128. The Morgan fingerprint density at radius 2 is 2.10 bits per heavy atom. The molecule has 0 spiro atoms. The zero-order valence-electron chi connectivity index (χ0n) is 12.7. The highest BCUT2D eigenvalue weighted by Crippen LogP contribution is 2.34. The van der Waals surface area contributed by atoms with E-state index in [0.717, 1.165) is 43.1 Å². The van der Waals surface area contributed by atoms with Crippen molar-refractivity contribution in [2.45, 2.75) is 30.6 Å². The first-order valence-electron chi connectivity index (χ1n) is 7.43. The first kappa shape index (κ1) is 16.7. The average molecular weight is 327 g/mol. The fourth-order valence-corrected chi connectivity index (χ4v) is 3.93. The smallest absolute Gasteiger partial charge is 0.222 e. The van der Waals surface area contributed by atoms with E-state index >= 15 is 0 Å². The van der Waals surface area contributed by atoms with Gasteiger partial charge in [0.15, 0.2) is 0 Å². The number of carbonyl (C=O) groups excluding carboxylic acids is 1. The zero-order valence-corrected chi connectivity index (χ0v) is 14.3. The standard InChI is InChI=1S/C16H23ClN2OS/c1-19(2)15(20)4-3-11-21-16-13-8-10-18-9-7-12(13)5-6-14(16)17/h5-6,18H,3-4,7-11H2,1-2H3. The van der Waals surface area contributed by atoms with Gasteiger partial charge in [0.2, 0.25) is 5.91 Å². The number of thioether (sulfide) groups is 1. The molecule has 1 heterocycles. The largest absolute Gasteiger partial charge is 0.349 e. The van der Waals surface area contributed by atoms with Crippen molar-refractivity contribution >= 4 is 29.3 Å². The van der Waals surface area contributed by atoms with Crippen LogP contribution in [0.1, 0.15) is 24.0 Å². The van der Waals surface area contributed by atoms with Gasteiger partial charge in [-0.25, -0.2) is 0 Å². The van der Waals surface area contributed by atoms with Crippen LogP contribution >= 0.6 is 23.4 Å². The third-order valence-corrected chi connectivity index (χ3v) is 5.39. The summed E-state index contributed by atoms with van der Waals surface area (Å²) in [5.41, 5.74) is 2.81. The molecule has 3 nitrogen and oxygen atoms in total. The second kappa shape index (κ2) is 8.06. The molecule has 0 radical (unpaired) electrons. The van der Waals surface area contributed by atoms with Crippen LogP contribution in [-0.4, -0.2) is 43.7 Å². The second-order valence-electron chi connectivity index (χ2n) is 5.50. The maximum absolute atomic E-state index is 11.6. The molecule has 5 heteroatoms. The normalized spacial score (nSPS) is 14.4. The van der Waals surface area contributed by atoms with Crippen molar-refractivity contribution in [3.8, 4) is 0 Å². The molecule has 1 N–H and O–H groups in total. The molecule has 116 valence electrons. The Kier molecular flexibility index (Phi) is 6.40. The number of rotatable bonds is 5. The summed E-state index contributed by atoms with van der Waals surface area (Å²) in [7, 11) is 3.60. The summed E-state index contributed by atoms with van der Waals surface area (Å²) in [5.74, 6) is 1.13. The molecule has 1 amide bonds. The lowest BCUT2D eigenvalue weighted by Gasteiger charge is -2.14. The maximum atomic E-state index is 11.6. The number of benzene rings is 1. The minimum atomic E-state index is 0.192. The summed E-state index contributed by atoms with van der Waals surface area (Å²) < 4.78 is 0. The van der Waals surface area contributed by atoms with E-state index in [4.69, 9.17) is 11.6 Å². The van der Waals surface area contributed by atoms with Crippen molar-refractivity contribution in [2.75, 3.05) is 32.9 Å². The van der Waals surface area contributed by atoms with E-state index in [-0.39, 0.29) is 5.91 Å². The van der Waals surface area contributed by atoms with E-state index in [2.05, 4.69) is 11.4 Å². The molecule has 0 aromatic heterocycles. The molecular formula is C16H23ClN2OS. The Bertz CT molecular complexity index is 505. The number of hydrogen-bond donors (Lipinski definition) is 1.